The summed E-state index contributed by atoms with van der Waals surface area (Å²) in [7, 11) is -3.57. The van der Waals surface area contributed by atoms with Crippen molar-refractivity contribution in [2.24, 2.45) is 0 Å². The van der Waals surface area contributed by atoms with E-state index in [0.717, 1.165) is 17.5 Å². The molecule has 12 heteroatoms. The average molecular weight is 399 g/mol. The number of amides is 1. The largest absolute Gasteiger partial charge is 0.334 e. The summed E-state index contributed by atoms with van der Waals surface area (Å²) in [4.78, 5) is 24.7. The normalized spacial score (nSPS) is 16.0. The minimum Gasteiger partial charge on any atom is -0.334 e. The quantitative estimate of drug-likeness (QED) is 0.547. The molecule has 1 amide bonds. The van der Waals surface area contributed by atoms with Gasteiger partial charge in [0.1, 0.15) is 10.4 Å². The summed E-state index contributed by atoms with van der Waals surface area (Å²) < 4.78 is 27.9. The number of nitrogens with zero attached hydrogens (tertiary/aromatic N) is 5. The molecule has 2 aromatic heterocycles. The number of carbonyl (C=O) groups excluding carboxylic acids is 1. The van der Waals surface area contributed by atoms with Crippen LogP contribution in [0.3, 0.4) is 0 Å². The minimum atomic E-state index is -3.57. The molecule has 0 bridgehead atoms. The van der Waals surface area contributed by atoms with E-state index in [9.17, 15) is 23.3 Å². The lowest BCUT2D eigenvalue weighted by Crippen LogP contribution is -2.50. The molecule has 1 aliphatic rings. The van der Waals surface area contributed by atoms with E-state index in [2.05, 4.69) is 5.10 Å². The molecule has 0 N–H and O–H groups in total. The van der Waals surface area contributed by atoms with Crippen LogP contribution in [0.15, 0.2) is 27.9 Å². The highest BCUT2D eigenvalue weighted by Crippen LogP contribution is 2.24. The summed E-state index contributed by atoms with van der Waals surface area (Å²) in [5.41, 5.74) is -0.419. The summed E-state index contributed by atoms with van der Waals surface area (Å²) in [6.45, 7) is 2.66. The highest BCUT2D eigenvalue weighted by Gasteiger charge is 2.34. The molecule has 0 aromatic carbocycles. The number of aryl methyl sites for hydroxylation is 1. The van der Waals surface area contributed by atoms with Gasteiger partial charge in [0.15, 0.2) is 0 Å². The van der Waals surface area contributed by atoms with Gasteiger partial charge in [-0.3, -0.25) is 19.6 Å². The summed E-state index contributed by atoms with van der Waals surface area (Å²) in [5, 5.41) is 16.7. The number of hydrogen-bond donors (Lipinski definition) is 0. The molecule has 2 aromatic rings. The molecule has 0 atom stereocenters. The van der Waals surface area contributed by atoms with E-state index in [0.29, 0.717) is 6.54 Å². The number of piperazine rings is 1. The van der Waals surface area contributed by atoms with Crippen molar-refractivity contribution in [2.75, 3.05) is 26.2 Å². The van der Waals surface area contributed by atoms with Crippen molar-refractivity contribution in [1.29, 1.82) is 0 Å². The molecule has 3 rings (SSSR count). The van der Waals surface area contributed by atoms with Gasteiger partial charge in [-0.05, 0) is 18.4 Å². The van der Waals surface area contributed by atoms with Crippen LogP contribution in [0.4, 0.5) is 5.69 Å². The average Bonchev–Trinajstić information content (AvgIpc) is 3.30. The standard InChI is InChI=1S/C14H17N5O5S2/c1-2-18-13(11(10-15-18)19(21)22)14(20)16-5-7-17(8-6-16)26(23,24)12-4-3-9-25-12/h3-4,9-10H,2,5-8H2,1H3. The van der Waals surface area contributed by atoms with Crippen LogP contribution in [-0.4, -0.2) is 64.4 Å². The molecule has 26 heavy (non-hydrogen) atoms. The van der Waals surface area contributed by atoms with Crippen molar-refractivity contribution in [1.82, 2.24) is 19.0 Å². The maximum Gasteiger partial charge on any atom is 0.320 e. The summed E-state index contributed by atoms with van der Waals surface area (Å²) >= 11 is 1.14. The Bertz CT molecular complexity index is 914. The Hall–Kier alpha value is -2.31. The fourth-order valence-corrected chi connectivity index (χ4v) is 5.35. The van der Waals surface area contributed by atoms with E-state index in [4.69, 9.17) is 0 Å². The van der Waals surface area contributed by atoms with E-state index >= 15 is 0 Å². The van der Waals surface area contributed by atoms with Gasteiger partial charge in [-0.2, -0.15) is 9.40 Å². The molecule has 0 spiro atoms. The van der Waals surface area contributed by atoms with Crippen LogP contribution >= 0.6 is 11.3 Å². The molecular formula is C14H17N5O5S2. The van der Waals surface area contributed by atoms with Gasteiger partial charge in [-0.1, -0.05) is 6.07 Å². The molecule has 1 fully saturated rings. The van der Waals surface area contributed by atoms with Gasteiger partial charge < -0.3 is 4.90 Å². The third-order valence-electron chi connectivity index (χ3n) is 4.13. The van der Waals surface area contributed by atoms with Gasteiger partial charge in [-0.25, -0.2) is 8.42 Å². The second kappa shape index (κ2) is 7.13. The Labute approximate surface area is 153 Å². The first-order valence-corrected chi connectivity index (χ1v) is 10.2. The Balaban J connectivity index is 1.76. The lowest BCUT2D eigenvalue weighted by Gasteiger charge is -2.33. The van der Waals surface area contributed by atoms with Gasteiger partial charge in [0.25, 0.3) is 15.9 Å². The van der Waals surface area contributed by atoms with Crippen LogP contribution in [-0.2, 0) is 16.6 Å². The predicted molar refractivity (Wildman–Crippen MR) is 93.5 cm³/mol. The molecule has 0 unspecified atom stereocenters. The molecular weight excluding hydrogens is 382 g/mol. The monoisotopic (exact) mass is 399 g/mol. The fourth-order valence-electron chi connectivity index (χ4n) is 2.79. The summed E-state index contributed by atoms with van der Waals surface area (Å²) in [5.74, 6) is -0.510. The Morgan fingerprint density at radius 3 is 2.58 bits per heavy atom. The topological polar surface area (TPSA) is 119 Å². The Morgan fingerprint density at radius 1 is 1.35 bits per heavy atom. The molecule has 10 nitrogen and oxygen atoms in total. The van der Waals surface area contributed by atoms with E-state index in [1.165, 1.54) is 13.9 Å². The number of aromatic nitrogens is 2. The van der Waals surface area contributed by atoms with Crippen LogP contribution in [0.2, 0.25) is 0 Å². The SMILES string of the molecule is CCn1ncc([N+](=O)[O-])c1C(=O)N1CCN(S(=O)(=O)c2cccs2)CC1. The van der Waals surface area contributed by atoms with Gasteiger partial charge >= 0.3 is 5.69 Å². The molecule has 0 aliphatic carbocycles. The van der Waals surface area contributed by atoms with Crippen molar-refractivity contribution >= 4 is 33.0 Å². The third-order valence-corrected chi connectivity index (χ3v) is 7.41. The van der Waals surface area contributed by atoms with Crippen molar-refractivity contribution in [3.63, 3.8) is 0 Å². The lowest BCUT2D eigenvalue weighted by molar-refractivity contribution is -0.385. The number of rotatable bonds is 5. The van der Waals surface area contributed by atoms with Crippen molar-refractivity contribution < 1.29 is 18.1 Å². The minimum absolute atomic E-state index is 0.0768. The Kier molecular flexibility index (Phi) is 5.07. The summed E-state index contributed by atoms with van der Waals surface area (Å²) in [6.07, 6.45) is 1.06. The first-order chi connectivity index (χ1) is 12.4. The van der Waals surface area contributed by atoms with Gasteiger partial charge in [-0.15, -0.1) is 11.3 Å². The van der Waals surface area contributed by atoms with Gasteiger partial charge in [0, 0.05) is 32.7 Å². The predicted octanol–water partition coefficient (Wildman–Crippen LogP) is 1.02. The zero-order valence-electron chi connectivity index (χ0n) is 13.9. The van der Waals surface area contributed by atoms with Crippen LogP contribution in [0.5, 0.6) is 0 Å². The summed E-state index contributed by atoms with van der Waals surface area (Å²) in [6, 6.07) is 3.21. The van der Waals surface area contributed by atoms with Crippen LogP contribution in [0.25, 0.3) is 0 Å². The van der Waals surface area contributed by atoms with Gasteiger partial charge in [0.05, 0.1) is 4.92 Å². The number of nitro groups is 1. The first kappa shape index (κ1) is 18.5. The second-order valence-corrected chi connectivity index (χ2v) is 8.69. The molecule has 1 aliphatic heterocycles. The lowest BCUT2D eigenvalue weighted by atomic mass is 10.2. The molecule has 0 saturated carbocycles. The zero-order chi connectivity index (χ0) is 18.9. The van der Waals surface area contributed by atoms with Crippen molar-refractivity contribution in [2.45, 2.75) is 17.7 Å². The van der Waals surface area contributed by atoms with Crippen molar-refractivity contribution in [3.8, 4) is 0 Å². The maximum absolute atomic E-state index is 12.7. The molecule has 0 radical (unpaired) electrons. The molecule has 140 valence electrons. The number of hydrogen-bond acceptors (Lipinski definition) is 7. The maximum atomic E-state index is 12.7. The smallest absolute Gasteiger partial charge is 0.320 e. The highest BCUT2D eigenvalue weighted by atomic mass is 32.2. The van der Waals surface area contributed by atoms with Crippen LogP contribution in [0, 0.1) is 10.1 Å². The van der Waals surface area contributed by atoms with E-state index in [1.807, 2.05) is 0 Å². The zero-order valence-corrected chi connectivity index (χ0v) is 15.6. The van der Waals surface area contributed by atoms with E-state index in [1.54, 1.807) is 24.4 Å². The van der Waals surface area contributed by atoms with Crippen LogP contribution in [0.1, 0.15) is 17.4 Å². The van der Waals surface area contributed by atoms with Gasteiger partial charge in [0.2, 0.25) is 5.69 Å². The molecule has 3 heterocycles. The highest BCUT2D eigenvalue weighted by molar-refractivity contribution is 7.91. The Morgan fingerprint density at radius 2 is 2.04 bits per heavy atom. The van der Waals surface area contributed by atoms with Crippen molar-refractivity contribution in [3.05, 3.63) is 39.5 Å². The second-order valence-electron chi connectivity index (χ2n) is 5.58. The van der Waals surface area contributed by atoms with Crippen LogP contribution < -0.4 is 0 Å². The fraction of sp³-hybridized carbons (Fsp3) is 0.429. The van der Waals surface area contributed by atoms with E-state index < -0.39 is 20.9 Å². The number of carbonyl (C=O) groups is 1. The third kappa shape index (κ3) is 3.22. The molecule has 1 saturated heterocycles. The number of thiophene rings is 1. The van der Waals surface area contributed by atoms with E-state index in [-0.39, 0.29) is 41.8 Å². The number of sulfonamides is 1. The first-order valence-electron chi connectivity index (χ1n) is 7.89.